The minimum absolute atomic E-state index is 0.0498. The lowest BCUT2D eigenvalue weighted by Crippen LogP contribution is -2.01. The maximum absolute atomic E-state index is 13.5. The zero-order chi connectivity index (χ0) is 11.5. The number of ketones is 1. The predicted octanol–water partition coefficient (Wildman–Crippen LogP) is 3.79. The second kappa shape index (κ2) is 4.62. The molecule has 3 heteroatoms. The highest BCUT2D eigenvalue weighted by Gasteiger charge is 2.11. The third-order valence-corrected chi connectivity index (χ3v) is 2.68. The van der Waals surface area contributed by atoms with Gasteiger partial charge in [-0.15, -0.1) is 11.6 Å². The lowest BCUT2D eigenvalue weighted by Gasteiger charge is -2.05. The van der Waals surface area contributed by atoms with Gasteiger partial charge in [-0.25, -0.2) is 4.39 Å². The molecule has 0 heterocycles. The molecule has 0 aliphatic heterocycles. The van der Waals surface area contributed by atoms with Crippen LogP contribution in [0.1, 0.15) is 16.8 Å². The Morgan fingerprint density at radius 2 is 1.81 bits per heavy atom. The number of carbonyl (C=O) groups is 1. The molecule has 0 radical (unpaired) electrons. The van der Waals surface area contributed by atoms with Gasteiger partial charge < -0.3 is 0 Å². The first-order valence-electron chi connectivity index (χ1n) is 5.00. The van der Waals surface area contributed by atoms with Crippen molar-refractivity contribution in [2.24, 2.45) is 0 Å². The molecular weight excluding hydrogens is 227 g/mol. The van der Waals surface area contributed by atoms with E-state index in [4.69, 9.17) is 11.6 Å². The number of benzene rings is 2. The number of Topliss-reactive ketones (excluding diaryl/α,β-unsaturated/α-hetero) is 1. The van der Waals surface area contributed by atoms with E-state index in [1.807, 2.05) is 0 Å². The van der Waals surface area contributed by atoms with Gasteiger partial charge in [-0.3, -0.25) is 4.79 Å². The van der Waals surface area contributed by atoms with E-state index < -0.39 is 0 Å². The largest absolute Gasteiger partial charge is 0.294 e. The monoisotopic (exact) mass is 236 g/mol. The van der Waals surface area contributed by atoms with Gasteiger partial charge in [-0.2, -0.15) is 0 Å². The van der Waals surface area contributed by atoms with Crippen LogP contribution in [0.15, 0.2) is 36.4 Å². The third-order valence-electron chi connectivity index (χ3n) is 2.49. The summed E-state index contributed by atoms with van der Waals surface area (Å²) in [6.07, 6.45) is 0.275. The van der Waals surface area contributed by atoms with Crippen LogP contribution in [0.25, 0.3) is 10.8 Å². The molecule has 0 fully saturated rings. The summed E-state index contributed by atoms with van der Waals surface area (Å²) in [4.78, 5) is 11.8. The fourth-order valence-electron chi connectivity index (χ4n) is 1.73. The van der Waals surface area contributed by atoms with E-state index in [0.29, 0.717) is 16.3 Å². The molecule has 2 aromatic rings. The molecule has 0 unspecified atom stereocenters. The summed E-state index contributed by atoms with van der Waals surface area (Å²) >= 11 is 5.53. The summed E-state index contributed by atoms with van der Waals surface area (Å²) in [5, 5.41) is 1.13. The van der Waals surface area contributed by atoms with Crippen LogP contribution in [0.5, 0.6) is 0 Å². The van der Waals surface area contributed by atoms with Gasteiger partial charge in [0.1, 0.15) is 5.82 Å². The zero-order valence-corrected chi connectivity index (χ0v) is 9.30. The third kappa shape index (κ3) is 1.93. The molecular formula is C13H10ClFO. The minimum atomic E-state index is -0.307. The van der Waals surface area contributed by atoms with E-state index >= 15 is 0 Å². The van der Waals surface area contributed by atoms with Gasteiger partial charge in [0, 0.05) is 23.3 Å². The van der Waals surface area contributed by atoms with Crippen LogP contribution in [-0.2, 0) is 0 Å². The van der Waals surface area contributed by atoms with E-state index in [2.05, 4.69) is 0 Å². The quantitative estimate of drug-likeness (QED) is 0.585. The average molecular weight is 237 g/mol. The molecule has 0 bridgehead atoms. The van der Waals surface area contributed by atoms with Gasteiger partial charge in [0.05, 0.1) is 0 Å². The molecule has 82 valence electrons. The van der Waals surface area contributed by atoms with E-state index in [1.54, 1.807) is 24.3 Å². The number of hydrogen-bond donors (Lipinski definition) is 0. The highest BCUT2D eigenvalue weighted by molar-refractivity contribution is 6.20. The minimum Gasteiger partial charge on any atom is -0.294 e. The van der Waals surface area contributed by atoms with E-state index in [0.717, 1.165) is 0 Å². The smallest absolute Gasteiger partial charge is 0.164 e. The molecule has 0 saturated carbocycles. The molecule has 0 aromatic heterocycles. The van der Waals surface area contributed by atoms with Crippen LogP contribution in [0, 0.1) is 5.82 Å². The van der Waals surface area contributed by atoms with Crippen LogP contribution in [-0.4, -0.2) is 11.7 Å². The summed E-state index contributed by atoms with van der Waals surface area (Å²) in [5.74, 6) is -0.0749. The first-order chi connectivity index (χ1) is 7.74. The molecule has 0 atom stereocenters. The van der Waals surface area contributed by atoms with Crippen molar-refractivity contribution in [3.63, 3.8) is 0 Å². The Hall–Kier alpha value is -1.41. The molecule has 0 spiro atoms. The number of hydrogen-bond acceptors (Lipinski definition) is 1. The molecule has 2 aromatic carbocycles. The molecule has 0 N–H and O–H groups in total. The first-order valence-corrected chi connectivity index (χ1v) is 5.54. The maximum Gasteiger partial charge on any atom is 0.164 e. The molecule has 2 rings (SSSR count). The van der Waals surface area contributed by atoms with Crippen LogP contribution in [0.4, 0.5) is 4.39 Å². The van der Waals surface area contributed by atoms with Gasteiger partial charge in [0.2, 0.25) is 0 Å². The summed E-state index contributed by atoms with van der Waals surface area (Å²) in [7, 11) is 0. The van der Waals surface area contributed by atoms with Gasteiger partial charge in [0.15, 0.2) is 5.78 Å². The second-order valence-electron chi connectivity index (χ2n) is 3.50. The van der Waals surface area contributed by atoms with Crippen molar-refractivity contribution >= 4 is 28.2 Å². The van der Waals surface area contributed by atoms with Crippen molar-refractivity contribution in [1.29, 1.82) is 0 Å². The molecule has 16 heavy (non-hydrogen) atoms. The van der Waals surface area contributed by atoms with Crippen LogP contribution in [0.3, 0.4) is 0 Å². The molecule has 0 aliphatic rings. The Morgan fingerprint density at radius 1 is 1.12 bits per heavy atom. The number of fused-ring (bicyclic) bond motifs is 1. The topological polar surface area (TPSA) is 17.1 Å². The van der Waals surface area contributed by atoms with Gasteiger partial charge in [-0.05, 0) is 17.5 Å². The fraction of sp³-hybridized carbons (Fsp3) is 0.154. The highest BCUT2D eigenvalue weighted by Crippen LogP contribution is 2.22. The van der Waals surface area contributed by atoms with Gasteiger partial charge >= 0.3 is 0 Å². The fourth-order valence-corrected chi connectivity index (χ4v) is 1.90. The van der Waals surface area contributed by atoms with E-state index in [9.17, 15) is 9.18 Å². The number of alkyl halides is 1. The Morgan fingerprint density at radius 3 is 2.50 bits per heavy atom. The van der Waals surface area contributed by atoms with E-state index in [1.165, 1.54) is 12.1 Å². The Balaban J connectivity index is 2.63. The van der Waals surface area contributed by atoms with E-state index in [-0.39, 0.29) is 23.9 Å². The highest BCUT2D eigenvalue weighted by atomic mass is 35.5. The normalized spacial score (nSPS) is 10.6. The zero-order valence-electron chi connectivity index (χ0n) is 8.54. The van der Waals surface area contributed by atoms with Crippen LogP contribution in [0.2, 0.25) is 0 Å². The van der Waals surface area contributed by atoms with Crippen molar-refractivity contribution < 1.29 is 9.18 Å². The molecule has 1 nitrogen and oxygen atoms in total. The van der Waals surface area contributed by atoms with Crippen molar-refractivity contribution in [3.8, 4) is 0 Å². The Kier molecular flexibility index (Phi) is 3.20. The SMILES string of the molecule is O=C(CCCl)c1ccc(F)c2ccccc12. The Bertz CT molecular complexity index is 536. The summed E-state index contributed by atoms with van der Waals surface area (Å²) in [6.45, 7) is 0. The van der Waals surface area contributed by atoms with Crippen molar-refractivity contribution in [2.45, 2.75) is 6.42 Å². The maximum atomic E-state index is 13.5. The predicted molar refractivity (Wildman–Crippen MR) is 63.6 cm³/mol. The molecule has 0 aliphatic carbocycles. The first kappa shape index (κ1) is 11.1. The molecule has 0 amide bonds. The lowest BCUT2D eigenvalue weighted by atomic mass is 10.00. The van der Waals surface area contributed by atoms with Gasteiger partial charge in [-0.1, -0.05) is 24.3 Å². The van der Waals surface area contributed by atoms with Crippen molar-refractivity contribution in [2.75, 3.05) is 5.88 Å². The van der Waals surface area contributed by atoms with Gasteiger partial charge in [0.25, 0.3) is 0 Å². The van der Waals surface area contributed by atoms with Crippen LogP contribution < -0.4 is 0 Å². The van der Waals surface area contributed by atoms with Crippen molar-refractivity contribution in [3.05, 3.63) is 47.8 Å². The molecule has 0 saturated heterocycles. The summed E-state index contributed by atoms with van der Waals surface area (Å²) in [5.41, 5.74) is 0.539. The summed E-state index contributed by atoms with van der Waals surface area (Å²) in [6, 6.07) is 9.80. The van der Waals surface area contributed by atoms with Crippen molar-refractivity contribution in [1.82, 2.24) is 0 Å². The van der Waals surface area contributed by atoms with Crippen LogP contribution >= 0.6 is 11.6 Å². The average Bonchev–Trinajstić information content (AvgIpc) is 2.30. The number of halogens is 2. The lowest BCUT2D eigenvalue weighted by molar-refractivity contribution is 0.0991. The number of rotatable bonds is 3. The second-order valence-corrected chi connectivity index (χ2v) is 3.88. The Labute approximate surface area is 97.8 Å². The summed E-state index contributed by atoms with van der Waals surface area (Å²) < 4.78 is 13.5. The number of carbonyl (C=O) groups excluding carboxylic acids is 1. The standard InChI is InChI=1S/C13H10ClFO/c14-8-7-13(16)11-5-6-12(15)10-4-2-1-3-9(10)11/h1-6H,7-8H2.